The number of hydrogen-bond donors (Lipinski definition) is 1. The Morgan fingerprint density at radius 2 is 1.86 bits per heavy atom. The summed E-state index contributed by atoms with van der Waals surface area (Å²) in [6, 6.07) is 14.2. The fourth-order valence-electron chi connectivity index (χ4n) is 2.96. The first kappa shape index (κ1) is 17.9. The number of nitrogens with zero attached hydrogens (tertiary/aromatic N) is 5. The number of aromatic nitrogens is 5. The van der Waals surface area contributed by atoms with E-state index in [2.05, 4.69) is 41.3 Å². The third kappa shape index (κ3) is 3.51. The molecule has 7 heteroatoms. The molecule has 1 N–H and O–H groups in total. The van der Waals surface area contributed by atoms with Crippen molar-refractivity contribution in [1.29, 1.82) is 0 Å². The molecule has 0 aliphatic carbocycles. The number of nitrogens with one attached hydrogen (secondary N) is 1. The second-order valence-electron chi connectivity index (χ2n) is 6.74. The molecular formula is C21H22N6O. The Hall–Kier alpha value is -3.48. The van der Waals surface area contributed by atoms with Crippen molar-refractivity contribution in [1.82, 2.24) is 24.5 Å². The number of methoxy groups -OCH3 is 1. The lowest BCUT2D eigenvalue weighted by Crippen LogP contribution is -2.06. The zero-order valence-electron chi connectivity index (χ0n) is 16.1. The average Bonchev–Trinajstić information content (AvgIpc) is 3.17. The molecule has 4 aromatic rings. The van der Waals surface area contributed by atoms with Crippen LogP contribution in [0.4, 0.5) is 5.82 Å². The van der Waals surface area contributed by atoms with Crippen LogP contribution in [0.1, 0.15) is 25.5 Å². The van der Waals surface area contributed by atoms with Crippen LogP contribution in [0.15, 0.2) is 55.0 Å². The molecule has 28 heavy (non-hydrogen) atoms. The van der Waals surface area contributed by atoms with Crippen molar-refractivity contribution in [2.75, 3.05) is 12.4 Å². The first-order valence-corrected chi connectivity index (χ1v) is 9.18. The number of benzene rings is 1. The van der Waals surface area contributed by atoms with E-state index in [0.717, 1.165) is 16.7 Å². The van der Waals surface area contributed by atoms with Gasteiger partial charge in [0.05, 0.1) is 13.4 Å². The van der Waals surface area contributed by atoms with Crippen molar-refractivity contribution in [3.63, 3.8) is 0 Å². The van der Waals surface area contributed by atoms with Gasteiger partial charge >= 0.3 is 0 Å². The predicted molar refractivity (Wildman–Crippen MR) is 109 cm³/mol. The highest BCUT2D eigenvalue weighted by molar-refractivity contribution is 5.85. The Bertz CT molecular complexity index is 1070. The normalized spacial score (nSPS) is 11.1. The topological polar surface area (TPSA) is 77.8 Å². The lowest BCUT2D eigenvalue weighted by atomic mass is 10.2. The number of anilines is 1. The summed E-state index contributed by atoms with van der Waals surface area (Å²) in [4.78, 5) is 18.3. The molecule has 0 amide bonds. The molecule has 0 atom stereocenters. The molecule has 142 valence electrons. The van der Waals surface area contributed by atoms with Crippen molar-refractivity contribution in [2.45, 2.75) is 26.4 Å². The van der Waals surface area contributed by atoms with Gasteiger partial charge in [0, 0.05) is 30.4 Å². The molecule has 0 aliphatic rings. The van der Waals surface area contributed by atoms with Crippen LogP contribution >= 0.6 is 0 Å². The Labute approximate surface area is 163 Å². The van der Waals surface area contributed by atoms with E-state index in [1.807, 2.05) is 35.2 Å². The second-order valence-corrected chi connectivity index (χ2v) is 6.74. The standard InChI is InChI=1S/C21H22N6O/c1-14(2)27-13-24-18-20(23-11-15-7-5-4-6-8-15)25-19(26-21(18)27)16-9-10-17(28-3)22-12-16/h4-10,12-14H,11H2,1-3H3,(H,23,25,26). The van der Waals surface area contributed by atoms with Gasteiger partial charge in [0.15, 0.2) is 17.3 Å². The number of pyridine rings is 1. The molecule has 0 saturated heterocycles. The molecule has 0 aliphatic heterocycles. The Morgan fingerprint density at radius 3 is 2.54 bits per heavy atom. The van der Waals surface area contributed by atoms with E-state index in [1.54, 1.807) is 19.4 Å². The van der Waals surface area contributed by atoms with Crippen molar-refractivity contribution in [3.8, 4) is 17.3 Å². The molecule has 3 heterocycles. The maximum Gasteiger partial charge on any atom is 0.212 e. The molecule has 0 spiro atoms. The molecule has 4 rings (SSSR count). The highest BCUT2D eigenvalue weighted by Crippen LogP contribution is 2.26. The van der Waals surface area contributed by atoms with Crippen LogP contribution in [-0.4, -0.2) is 31.6 Å². The minimum atomic E-state index is 0.240. The SMILES string of the molecule is COc1ccc(-c2nc(NCc3ccccc3)c3ncn(C(C)C)c3n2)cn1. The number of imidazole rings is 1. The lowest BCUT2D eigenvalue weighted by Gasteiger charge is -2.11. The first-order valence-electron chi connectivity index (χ1n) is 9.18. The summed E-state index contributed by atoms with van der Waals surface area (Å²) in [6.45, 7) is 4.87. The highest BCUT2D eigenvalue weighted by Gasteiger charge is 2.16. The quantitative estimate of drug-likeness (QED) is 0.548. The van der Waals surface area contributed by atoms with Crippen LogP contribution in [0.5, 0.6) is 5.88 Å². The van der Waals surface area contributed by atoms with E-state index >= 15 is 0 Å². The summed E-state index contributed by atoms with van der Waals surface area (Å²) < 4.78 is 7.19. The van der Waals surface area contributed by atoms with E-state index in [9.17, 15) is 0 Å². The number of ether oxygens (including phenoxy) is 1. The maximum absolute atomic E-state index is 5.15. The van der Waals surface area contributed by atoms with E-state index < -0.39 is 0 Å². The van der Waals surface area contributed by atoms with Crippen molar-refractivity contribution >= 4 is 17.0 Å². The lowest BCUT2D eigenvalue weighted by molar-refractivity contribution is 0.398. The molecule has 3 aromatic heterocycles. The van der Waals surface area contributed by atoms with Gasteiger partial charge in [-0.05, 0) is 25.5 Å². The zero-order chi connectivity index (χ0) is 19.5. The molecule has 0 saturated carbocycles. The summed E-state index contributed by atoms with van der Waals surface area (Å²) in [6.07, 6.45) is 3.53. The van der Waals surface area contributed by atoms with Crippen molar-refractivity contribution < 1.29 is 4.74 Å². The monoisotopic (exact) mass is 374 g/mol. The van der Waals surface area contributed by atoms with Gasteiger partial charge in [-0.3, -0.25) is 0 Å². The molecule has 7 nitrogen and oxygen atoms in total. The maximum atomic E-state index is 5.15. The van der Waals surface area contributed by atoms with Gasteiger partial charge in [-0.25, -0.2) is 19.9 Å². The van der Waals surface area contributed by atoms with E-state index in [1.165, 1.54) is 5.56 Å². The van der Waals surface area contributed by atoms with Crippen LogP contribution in [0.2, 0.25) is 0 Å². The number of hydrogen-bond acceptors (Lipinski definition) is 6. The fraction of sp³-hybridized carbons (Fsp3) is 0.238. The summed E-state index contributed by atoms with van der Waals surface area (Å²) in [5, 5.41) is 3.42. The van der Waals surface area contributed by atoms with Crippen LogP contribution in [0, 0.1) is 0 Å². The van der Waals surface area contributed by atoms with Gasteiger partial charge in [0.25, 0.3) is 0 Å². The molecular weight excluding hydrogens is 352 g/mol. The zero-order valence-corrected chi connectivity index (χ0v) is 16.1. The molecule has 0 radical (unpaired) electrons. The highest BCUT2D eigenvalue weighted by atomic mass is 16.5. The Morgan fingerprint density at radius 1 is 1.04 bits per heavy atom. The van der Waals surface area contributed by atoms with Gasteiger partial charge in [-0.1, -0.05) is 30.3 Å². The van der Waals surface area contributed by atoms with Crippen LogP contribution < -0.4 is 10.1 Å². The predicted octanol–water partition coefficient (Wildman–Crippen LogP) is 4.09. The second kappa shape index (κ2) is 7.64. The van der Waals surface area contributed by atoms with Gasteiger partial charge in [0.1, 0.15) is 5.52 Å². The summed E-state index contributed by atoms with van der Waals surface area (Å²) in [7, 11) is 1.59. The fourth-order valence-corrected chi connectivity index (χ4v) is 2.96. The number of fused-ring (bicyclic) bond motifs is 1. The number of rotatable bonds is 6. The van der Waals surface area contributed by atoms with Crippen LogP contribution in [0.25, 0.3) is 22.6 Å². The van der Waals surface area contributed by atoms with Crippen molar-refractivity contribution in [3.05, 3.63) is 60.6 Å². The van der Waals surface area contributed by atoms with E-state index in [4.69, 9.17) is 14.7 Å². The largest absolute Gasteiger partial charge is 0.481 e. The van der Waals surface area contributed by atoms with Crippen LogP contribution in [-0.2, 0) is 6.54 Å². The minimum Gasteiger partial charge on any atom is -0.481 e. The molecule has 0 fully saturated rings. The third-order valence-corrected chi connectivity index (χ3v) is 4.48. The van der Waals surface area contributed by atoms with Crippen LogP contribution in [0.3, 0.4) is 0 Å². The minimum absolute atomic E-state index is 0.240. The van der Waals surface area contributed by atoms with E-state index in [-0.39, 0.29) is 6.04 Å². The third-order valence-electron chi connectivity index (χ3n) is 4.48. The first-order chi connectivity index (χ1) is 13.7. The van der Waals surface area contributed by atoms with Crippen molar-refractivity contribution in [2.24, 2.45) is 0 Å². The summed E-state index contributed by atoms with van der Waals surface area (Å²) >= 11 is 0. The smallest absolute Gasteiger partial charge is 0.212 e. The van der Waals surface area contributed by atoms with Gasteiger partial charge in [0.2, 0.25) is 5.88 Å². The van der Waals surface area contributed by atoms with Gasteiger partial charge in [-0.15, -0.1) is 0 Å². The molecule has 1 aromatic carbocycles. The average molecular weight is 374 g/mol. The molecule has 0 unspecified atom stereocenters. The Balaban J connectivity index is 1.77. The van der Waals surface area contributed by atoms with Gasteiger partial charge < -0.3 is 14.6 Å². The summed E-state index contributed by atoms with van der Waals surface area (Å²) in [5.41, 5.74) is 3.55. The van der Waals surface area contributed by atoms with E-state index in [0.29, 0.717) is 24.1 Å². The summed E-state index contributed by atoms with van der Waals surface area (Å²) in [5.74, 6) is 1.86. The Kier molecular flexibility index (Phi) is 4.89. The molecule has 0 bridgehead atoms. The van der Waals surface area contributed by atoms with Gasteiger partial charge in [-0.2, -0.15) is 0 Å².